The SMILES string of the molecule is CC(C)(C)C(=N)N1CCn2c(nnc2C(F)(F)F)C1. The van der Waals surface area contributed by atoms with Gasteiger partial charge in [-0.05, 0) is 0 Å². The number of alkyl halides is 3. The first-order valence-corrected chi connectivity index (χ1v) is 5.94. The van der Waals surface area contributed by atoms with E-state index in [1.807, 2.05) is 20.8 Å². The van der Waals surface area contributed by atoms with E-state index in [1.54, 1.807) is 4.90 Å². The molecule has 8 heteroatoms. The average Bonchev–Trinajstić information content (AvgIpc) is 2.68. The Hall–Kier alpha value is -1.60. The summed E-state index contributed by atoms with van der Waals surface area (Å²) in [4.78, 5) is 1.74. The zero-order valence-corrected chi connectivity index (χ0v) is 11.0. The van der Waals surface area contributed by atoms with Crippen molar-refractivity contribution in [2.45, 2.75) is 40.0 Å². The third-order valence-corrected chi connectivity index (χ3v) is 3.03. The number of halogens is 3. The van der Waals surface area contributed by atoms with E-state index in [1.165, 1.54) is 0 Å². The van der Waals surface area contributed by atoms with E-state index in [9.17, 15) is 13.2 Å². The fourth-order valence-corrected chi connectivity index (χ4v) is 2.03. The van der Waals surface area contributed by atoms with Gasteiger partial charge < -0.3 is 9.47 Å². The molecule has 0 spiro atoms. The molecule has 1 aromatic rings. The Labute approximate surface area is 108 Å². The Bertz CT molecular complexity index is 497. The molecule has 2 heterocycles. The summed E-state index contributed by atoms with van der Waals surface area (Å²) in [6, 6.07) is 0. The molecule has 0 unspecified atom stereocenters. The van der Waals surface area contributed by atoms with Gasteiger partial charge in [-0.1, -0.05) is 20.8 Å². The Morgan fingerprint density at radius 2 is 1.79 bits per heavy atom. The second kappa shape index (κ2) is 4.21. The van der Waals surface area contributed by atoms with E-state index in [0.29, 0.717) is 12.4 Å². The van der Waals surface area contributed by atoms with Gasteiger partial charge in [0.05, 0.1) is 6.54 Å². The van der Waals surface area contributed by atoms with Gasteiger partial charge >= 0.3 is 6.18 Å². The molecule has 1 aliphatic heterocycles. The molecule has 5 nitrogen and oxygen atoms in total. The number of hydrogen-bond donors (Lipinski definition) is 1. The maximum atomic E-state index is 12.7. The van der Waals surface area contributed by atoms with E-state index in [-0.39, 0.29) is 24.3 Å². The van der Waals surface area contributed by atoms with Crippen molar-refractivity contribution in [2.24, 2.45) is 5.41 Å². The van der Waals surface area contributed by atoms with Crippen LogP contribution in [0.15, 0.2) is 0 Å². The minimum Gasteiger partial charge on any atom is -0.351 e. The van der Waals surface area contributed by atoms with Crippen LogP contribution in [0.1, 0.15) is 32.4 Å². The standard InChI is InChI=1S/C11H16F3N5/c1-10(2,3)8(15)18-4-5-19-7(6-18)16-17-9(19)11(12,13)14/h15H,4-6H2,1-3H3. The Kier molecular flexibility index (Phi) is 3.06. The normalized spacial score (nSPS) is 16.4. The summed E-state index contributed by atoms with van der Waals surface area (Å²) in [6.07, 6.45) is -4.48. The topological polar surface area (TPSA) is 57.8 Å². The monoisotopic (exact) mass is 275 g/mol. The van der Waals surface area contributed by atoms with Crippen LogP contribution >= 0.6 is 0 Å². The van der Waals surface area contributed by atoms with Crippen LogP contribution in [0.3, 0.4) is 0 Å². The molecule has 0 fully saturated rings. The van der Waals surface area contributed by atoms with E-state index in [4.69, 9.17) is 5.41 Å². The lowest BCUT2D eigenvalue weighted by Gasteiger charge is -2.35. The van der Waals surface area contributed by atoms with Gasteiger partial charge in [0.1, 0.15) is 5.84 Å². The van der Waals surface area contributed by atoms with Crippen molar-refractivity contribution in [3.05, 3.63) is 11.6 Å². The maximum Gasteiger partial charge on any atom is 0.451 e. The van der Waals surface area contributed by atoms with Crippen molar-refractivity contribution in [3.8, 4) is 0 Å². The molecule has 0 saturated carbocycles. The van der Waals surface area contributed by atoms with E-state index in [2.05, 4.69) is 10.2 Å². The highest BCUT2D eigenvalue weighted by atomic mass is 19.4. The van der Waals surface area contributed by atoms with Crippen LogP contribution in [0, 0.1) is 10.8 Å². The van der Waals surface area contributed by atoms with E-state index >= 15 is 0 Å². The number of rotatable bonds is 0. The van der Waals surface area contributed by atoms with Crippen molar-refractivity contribution >= 4 is 5.84 Å². The fraction of sp³-hybridized carbons (Fsp3) is 0.727. The van der Waals surface area contributed by atoms with Crippen LogP contribution in [0.4, 0.5) is 13.2 Å². The first-order chi connectivity index (χ1) is 8.60. The molecule has 1 aromatic heterocycles. The highest BCUT2D eigenvalue weighted by Crippen LogP contribution is 2.30. The summed E-state index contributed by atoms with van der Waals surface area (Å²) < 4.78 is 39.1. The third kappa shape index (κ3) is 2.57. The van der Waals surface area contributed by atoms with Crippen molar-refractivity contribution in [2.75, 3.05) is 6.54 Å². The van der Waals surface area contributed by atoms with E-state index in [0.717, 1.165) is 4.57 Å². The van der Waals surface area contributed by atoms with Crippen molar-refractivity contribution < 1.29 is 13.2 Å². The first kappa shape index (κ1) is 13.8. The smallest absolute Gasteiger partial charge is 0.351 e. The minimum atomic E-state index is -4.48. The van der Waals surface area contributed by atoms with Crippen LogP contribution in [-0.4, -0.2) is 32.0 Å². The molecule has 0 atom stereocenters. The Morgan fingerprint density at radius 3 is 2.32 bits per heavy atom. The van der Waals surface area contributed by atoms with Crippen LogP contribution in [-0.2, 0) is 19.3 Å². The fourth-order valence-electron chi connectivity index (χ4n) is 2.03. The average molecular weight is 275 g/mol. The van der Waals surface area contributed by atoms with Gasteiger partial charge in [-0.15, -0.1) is 10.2 Å². The first-order valence-electron chi connectivity index (χ1n) is 5.94. The van der Waals surface area contributed by atoms with Crippen LogP contribution in [0.25, 0.3) is 0 Å². The van der Waals surface area contributed by atoms with Crippen molar-refractivity contribution in [3.63, 3.8) is 0 Å². The van der Waals surface area contributed by atoms with Crippen LogP contribution in [0.2, 0.25) is 0 Å². The minimum absolute atomic E-state index is 0.148. The lowest BCUT2D eigenvalue weighted by molar-refractivity contribution is -0.147. The Balaban J connectivity index is 2.23. The summed E-state index contributed by atoms with van der Waals surface area (Å²) in [5.41, 5.74) is -0.338. The van der Waals surface area contributed by atoms with Gasteiger partial charge in [0.15, 0.2) is 5.82 Å². The third-order valence-electron chi connectivity index (χ3n) is 3.03. The summed E-state index contributed by atoms with van der Waals surface area (Å²) >= 11 is 0. The number of hydrogen-bond acceptors (Lipinski definition) is 3. The molecule has 1 aliphatic rings. The maximum absolute atomic E-state index is 12.7. The number of amidine groups is 1. The number of fused-ring (bicyclic) bond motifs is 1. The van der Waals surface area contributed by atoms with Gasteiger partial charge in [-0.3, -0.25) is 5.41 Å². The summed E-state index contributed by atoms with van der Waals surface area (Å²) in [7, 11) is 0. The van der Waals surface area contributed by atoms with Gasteiger partial charge in [-0.2, -0.15) is 13.2 Å². The Morgan fingerprint density at radius 1 is 1.16 bits per heavy atom. The highest BCUT2D eigenvalue weighted by Gasteiger charge is 2.40. The lowest BCUT2D eigenvalue weighted by Crippen LogP contribution is -2.44. The molecule has 0 aromatic carbocycles. The molecule has 1 N–H and O–H groups in total. The van der Waals surface area contributed by atoms with Gasteiger partial charge in [0, 0.05) is 18.5 Å². The molecular formula is C11H16F3N5. The van der Waals surface area contributed by atoms with Gasteiger partial charge in [-0.25, -0.2) is 0 Å². The van der Waals surface area contributed by atoms with E-state index < -0.39 is 12.0 Å². The van der Waals surface area contributed by atoms with Crippen molar-refractivity contribution in [1.82, 2.24) is 19.7 Å². The quantitative estimate of drug-likeness (QED) is 0.583. The molecule has 0 bridgehead atoms. The van der Waals surface area contributed by atoms with Gasteiger partial charge in [0.25, 0.3) is 0 Å². The zero-order chi connectivity index (χ0) is 14.4. The molecule has 0 radical (unpaired) electrons. The molecule has 0 amide bonds. The molecule has 106 valence electrons. The van der Waals surface area contributed by atoms with Crippen LogP contribution in [0.5, 0.6) is 0 Å². The lowest BCUT2D eigenvalue weighted by atomic mass is 9.94. The number of aromatic nitrogens is 3. The summed E-state index contributed by atoms with van der Waals surface area (Å²) in [6.45, 7) is 6.40. The van der Waals surface area contributed by atoms with Crippen LogP contribution < -0.4 is 0 Å². The molecule has 0 aliphatic carbocycles. The molecule has 0 saturated heterocycles. The second-order valence-electron chi connectivity index (χ2n) is 5.61. The van der Waals surface area contributed by atoms with Crippen molar-refractivity contribution in [1.29, 1.82) is 5.41 Å². The number of nitrogens with one attached hydrogen (secondary N) is 1. The highest BCUT2D eigenvalue weighted by molar-refractivity contribution is 5.84. The number of nitrogens with zero attached hydrogens (tertiary/aromatic N) is 4. The van der Waals surface area contributed by atoms with Gasteiger partial charge in [0.2, 0.25) is 5.82 Å². The largest absolute Gasteiger partial charge is 0.451 e. The predicted octanol–water partition coefficient (Wildman–Crippen LogP) is 2.14. The molecular weight excluding hydrogens is 259 g/mol. The molecule has 2 rings (SSSR count). The second-order valence-corrected chi connectivity index (χ2v) is 5.61. The predicted molar refractivity (Wildman–Crippen MR) is 62.6 cm³/mol. The summed E-state index contributed by atoms with van der Waals surface area (Å²) in [5, 5.41) is 14.9. The zero-order valence-electron chi connectivity index (χ0n) is 11.0. The summed E-state index contributed by atoms with van der Waals surface area (Å²) in [5.74, 6) is -0.299. The molecule has 19 heavy (non-hydrogen) atoms.